The van der Waals surface area contributed by atoms with Crippen LogP contribution >= 0.6 is 0 Å². The highest BCUT2D eigenvalue weighted by atomic mass is 16.3. The van der Waals surface area contributed by atoms with E-state index in [2.05, 4.69) is 48.5 Å². The molecule has 0 unspecified atom stereocenters. The first-order valence-electron chi connectivity index (χ1n) is 7.81. The fourth-order valence-electron chi connectivity index (χ4n) is 4.14. The van der Waals surface area contributed by atoms with Crippen molar-refractivity contribution in [1.82, 2.24) is 0 Å². The molecule has 106 valence electrons. The Morgan fingerprint density at radius 2 is 1.57 bits per heavy atom. The van der Waals surface area contributed by atoms with Crippen molar-refractivity contribution in [2.24, 2.45) is 11.8 Å². The van der Waals surface area contributed by atoms with E-state index in [1.165, 1.54) is 11.1 Å². The van der Waals surface area contributed by atoms with E-state index < -0.39 is 5.60 Å². The van der Waals surface area contributed by atoms with E-state index in [1.54, 1.807) is 0 Å². The summed E-state index contributed by atoms with van der Waals surface area (Å²) in [6.45, 7) is 0. The van der Waals surface area contributed by atoms with Crippen LogP contribution in [0.3, 0.4) is 0 Å². The molecular formula is C20H20O. The first-order chi connectivity index (χ1) is 10.3. The van der Waals surface area contributed by atoms with Crippen molar-refractivity contribution >= 4 is 5.57 Å². The fourth-order valence-corrected chi connectivity index (χ4v) is 4.14. The Balaban J connectivity index is 1.71. The zero-order valence-corrected chi connectivity index (χ0v) is 12.1. The van der Waals surface area contributed by atoms with Crippen LogP contribution in [0.4, 0.5) is 0 Å². The minimum absolute atomic E-state index is 0.259. The number of fused-ring (bicyclic) bond motifs is 1. The summed E-state index contributed by atoms with van der Waals surface area (Å²) in [7, 11) is 0. The monoisotopic (exact) mass is 276 g/mol. The van der Waals surface area contributed by atoms with Gasteiger partial charge in [0.05, 0.1) is 5.60 Å². The van der Waals surface area contributed by atoms with Gasteiger partial charge in [-0.25, -0.2) is 0 Å². The number of hydrogen-bond acceptors (Lipinski definition) is 1. The van der Waals surface area contributed by atoms with Gasteiger partial charge in [-0.2, -0.15) is 0 Å². The van der Waals surface area contributed by atoms with Gasteiger partial charge in [0.1, 0.15) is 0 Å². The van der Waals surface area contributed by atoms with Gasteiger partial charge in [-0.3, -0.25) is 0 Å². The maximum absolute atomic E-state index is 11.3. The minimum Gasteiger partial charge on any atom is -0.385 e. The summed E-state index contributed by atoms with van der Waals surface area (Å²) in [5.41, 5.74) is 3.10. The first kappa shape index (κ1) is 12.8. The molecule has 0 amide bonds. The van der Waals surface area contributed by atoms with E-state index in [4.69, 9.17) is 0 Å². The van der Waals surface area contributed by atoms with Crippen LogP contribution in [0, 0.1) is 11.8 Å². The lowest BCUT2D eigenvalue weighted by Gasteiger charge is -2.29. The average Bonchev–Trinajstić information content (AvgIpc) is 3.11. The van der Waals surface area contributed by atoms with E-state index in [0.29, 0.717) is 5.92 Å². The predicted octanol–water partition coefficient (Wildman–Crippen LogP) is 4.39. The molecule has 1 fully saturated rings. The molecule has 3 atom stereocenters. The predicted molar refractivity (Wildman–Crippen MR) is 85.6 cm³/mol. The lowest BCUT2D eigenvalue weighted by atomic mass is 9.82. The van der Waals surface area contributed by atoms with E-state index >= 15 is 0 Å². The number of hydrogen-bond donors (Lipinski definition) is 1. The van der Waals surface area contributed by atoms with Gasteiger partial charge < -0.3 is 5.11 Å². The topological polar surface area (TPSA) is 20.2 Å². The molecule has 0 heterocycles. The highest BCUT2D eigenvalue weighted by Gasteiger charge is 2.49. The second-order valence-electron chi connectivity index (χ2n) is 6.38. The van der Waals surface area contributed by atoms with Gasteiger partial charge in [-0.15, -0.1) is 0 Å². The van der Waals surface area contributed by atoms with Crippen LogP contribution in [0.15, 0.2) is 66.7 Å². The molecule has 0 aliphatic heterocycles. The largest absolute Gasteiger partial charge is 0.385 e. The zero-order valence-electron chi connectivity index (χ0n) is 12.1. The molecule has 1 nitrogen and oxygen atoms in total. The molecular weight excluding hydrogens is 256 g/mol. The SMILES string of the molecule is O[C@]1(c2ccccc2)CC[C@H]2CC(c3ccccc3)=C[C@H]21. The summed E-state index contributed by atoms with van der Waals surface area (Å²) in [5.74, 6) is 0.848. The van der Waals surface area contributed by atoms with Crippen LogP contribution in [0.1, 0.15) is 30.4 Å². The standard InChI is InChI=1S/C20H20O/c21-20(18-9-5-2-6-10-18)12-11-16-13-17(14-19(16)20)15-7-3-1-4-8-15/h1-10,14,16,19,21H,11-13H2/t16-,19+,20-/m0/s1. The summed E-state index contributed by atoms with van der Waals surface area (Å²) < 4.78 is 0. The Bertz CT molecular complexity index is 659. The summed E-state index contributed by atoms with van der Waals surface area (Å²) in [6, 6.07) is 20.8. The number of allylic oxidation sites excluding steroid dienone is 1. The van der Waals surface area contributed by atoms with Crippen LogP contribution in [0.2, 0.25) is 0 Å². The van der Waals surface area contributed by atoms with Crippen molar-refractivity contribution in [3.63, 3.8) is 0 Å². The Morgan fingerprint density at radius 3 is 2.29 bits per heavy atom. The van der Waals surface area contributed by atoms with Crippen LogP contribution in [0.25, 0.3) is 5.57 Å². The second-order valence-corrected chi connectivity index (χ2v) is 6.38. The number of rotatable bonds is 2. The van der Waals surface area contributed by atoms with Crippen LogP contribution in [-0.4, -0.2) is 5.11 Å². The van der Waals surface area contributed by atoms with Gasteiger partial charge in [0.2, 0.25) is 0 Å². The van der Waals surface area contributed by atoms with Crippen molar-refractivity contribution in [2.75, 3.05) is 0 Å². The van der Waals surface area contributed by atoms with Gasteiger partial charge in [0.25, 0.3) is 0 Å². The van der Waals surface area contributed by atoms with Crippen LogP contribution in [0.5, 0.6) is 0 Å². The quantitative estimate of drug-likeness (QED) is 0.862. The molecule has 0 aromatic heterocycles. The number of benzene rings is 2. The number of aliphatic hydroxyl groups is 1. The van der Waals surface area contributed by atoms with Crippen molar-refractivity contribution in [1.29, 1.82) is 0 Å². The molecule has 2 aliphatic carbocycles. The smallest absolute Gasteiger partial charge is 0.0961 e. The molecule has 1 N–H and O–H groups in total. The van der Waals surface area contributed by atoms with E-state index in [1.807, 2.05) is 18.2 Å². The Labute approximate surface area is 126 Å². The van der Waals surface area contributed by atoms with Crippen LogP contribution < -0.4 is 0 Å². The zero-order chi connectivity index (χ0) is 14.3. The molecule has 21 heavy (non-hydrogen) atoms. The summed E-state index contributed by atoms with van der Waals surface area (Å²) in [4.78, 5) is 0. The third-order valence-corrected chi connectivity index (χ3v) is 5.24. The lowest BCUT2D eigenvalue weighted by molar-refractivity contribution is 0.00952. The average molecular weight is 276 g/mol. The Morgan fingerprint density at radius 1 is 0.905 bits per heavy atom. The molecule has 0 bridgehead atoms. The minimum atomic E-state index is -0.678. The lowest BCUT2D eigenvalue weighted by Crippen LogP contribution is -2.30. The van der Waals surface area contributed by atoms with Crippen molar-refractivity contribution in [3.8, 4) is 0 Å². The maximum atomic E-state index is 11.3. The third-order valence-electron chi connectivity index (χ3n) is 5.24. The fraction of sp³-hybridized carbons (Fsp3) is 0.300. The van der Waals surface area contributed by atoms with Gasteiger partial charge in [0.15, 0.2) is 0 Å². The molecule has 0 saturated heterocycles. The normalized spacial score (nSPS) is 31.0. The van der Waals surface area contributed by atoms with E-state index in [-0.39, 0.29) is 5.92 Å². The molecule has 2 aromatic rings. The molecule has 1 heteroatoms. The molecule has 2 aromatic carbocycles. The summed E-state index contributed by atoms with van der Waals surface area (Å²) in [6.07, 6.45) is 5.43. The Kier molecular flexibility index (Phi) is 2.97. The van der Waals surface area contributed by atoms with E-state index in [9.17, 15) is 5.11 Å². The second kappa shape index (κ2) is 4.85. The molecule has 4 rings (SSSR count). The van der Waals surface area contributed by atoms with Gasteiger partial charge in [-0.1, -0.05) is 66.7 Å². The highest BCUT2D eigenvalue weighted by Crippen LogP contribution is 2.54. The third kappa shape index (κ3) is 2.04. The molecule has 2 aliphatic rings. The molecule has 0 radical (unpaired) electrons. The van der Waals surface area contributed by atoms with Crippen molar-refractivity contribution < 1.29 is 5.11 Å². The highest BCUT2D eigenvalue weighted by molar-refractivity contribution is 5.68. The Hall–Kier alpha value is -1.86. The van der Waals surface area contributed by atoms with Crippen molar-refractivity contribution in [3.05, 3.63) is 77.9 Å². The summed E-state index contributed by atoms with van der Waals surface area (Å²) >= 11 is 0. The van der Waals surface area contributed by atoms with E-state index in [0.717, 1.165) is 24.8 Å². The van der Waals surface area contributed by atoms with Gasteiger partial charge in [-0.05, 0) is 41.9 Å². The molecule has 1 saturated carbocycles. The van der Waals surface area contributed by atoms with Gasteiger partial charge in [0, 0.05) is 5.92 Å². The van der Waals surface area contributed by atoms with Crippen LogP contribution in [-0.2, 0) is 5.60 Å². The maximum Gasteiger partial charge on any atom is 0.0961 e. The van der Waals surface area contributed by atoms with Crippen molar-refractivity contribution in [2.45, 2.75) is 24.9 Å². The van der Waals surface area contributed by atoms with Gasteiger partial charge >= 0.3 is 0 Å². The molecule has 0 spiro atoms. The summed E-state index contributed by atoms with van der Waals surface area (Å²) in [5, 5.41) is 11.3. The first-order valence-corrected chi connectivity index (χ1v) is 7.81.